The quantitative estimate of drug-likeness (QED) is 0.391. The number of fused-ring (bicyclic) bond motifs is 1. The highest BCUT2D eigenvalue weighted by molar-refractivity contribution is 5.87. The summed E-state index contributed by atoms with van der Waals surface area (Å²) in [6, 6.07) is 9.28. The number of amides is 1. The number of hydrogen-bond donors (Lipinski definition) is 2. The lowest BCUT2D eigenvalue weighted by molar-refractivity contribution is -0.117. The Hall–Kier alpha value is -3.59. The predicted octanol–water partition coefficient (Wildman–Crippen LogP) is 4.16. The molecule has 2 N–H and O–H groups in total. The normalized spacial score (nSPS) is 19.4. The Kier molecular flexibility index (Phi) is 7.56. The summed E-state index contributed by atoms with van der Waals surface area (Å²) in [6.07, 6.45) is 9.32. The van der Waals surface area contributed by atoms with Crippen LogP contribution in [-0.4, -0.2) is 49.5 Å². The molecule has 2 aliphatic rings. The van der Waals surface area contributed by atoms with Gasteiger partial charge < -0.3 is 10.6 Å². The number of nitrogens with one attached hydrogen (secondary N) is 2. The van der Waals surface area contributed by atoms with Crippen LogP contribution in [0.25, 0.3) is 11.0 Å². The van der Waals surface area contributed by atoms with Gasteiger partial charge >= 0.3 is 5.69 Å². The van der Waals surface area contributed by atoms with E-state index in [4.69, 9.17) is 0 Å². The topological polar surface area (TPSA) is 105 Å². The Morgan fingerprint density at radius 2 is 1.82 bits per heavy atom. The first-order chi connectivity index (χ1) is 18.3. The van der Waals surface area contributed by atoms with E-state index in [1.165, 1.54) is 30.7 Å². The maximum atomic E-state index is 12.3. The lowest BCUT2D eigenvalue weighted by Crippen LogP contribution is -2.37. The maximum absolute atomic E-state index is 12.3. The van der Waals surface area contributed by atoms with Gasteiger partial charge in [0.2, 0.25) is 11.9 Å². The van der Waals surface area contributed by atoms with Crippen LogP contribution in [0.5, 0.6) is 0 Å². The van der Waals surface area contributed by atoms with Crippen molar-refractivity contribution in [3.8, 4) is 0 Å². The van der Waals surface area contributed by atoms with Crippen molar-refractivity contribution in [1.82, 2.24) is 29.7 Å². The lowest BCUT2D eigenvalue weighted by Gasteiger charge is -2.29. The van der Waals surface area contributed by atoms with Gasteiger partial charge in [-0.05, 0) is 56.7 Å². The van der Waals surface area contributed by atoms with Crippen LogP contribution >= 0.6 is 0 Å². The van der Waals surface area contributed by atoms with Crippen molar-refractivity contribution in [1.29, 1.82) is 0 Å². The summed E-state index contributed by atoms with van der Waals surface area (Å²) in [4.78, 5) is 39.7. The van der Waals surface area contributed by atoms with Crippen molar-refractivity contribution < 1.29 is 4.79 Å². The van der Waals surface area contributed by atoms with Crippen molar-refractivity contribution >= 4 is 22.9 Å². The van der Waals surface area contributed by atoms with E-state index in [0.717, 1.165) is 42.8 Å². The highest BCUT2D eigenvalue weighted by Gasteiger charge is 2.34. The van der Waals surface area contributed by atoms with Gasteiger partial charge in [0.1, 0.15) is 0 Å². The number of anilines is 1. The zero-order chi connectivity index (χ0) is 26.8. The summed E-state index contributed by atoms with van der Waals surface area (Å²) < 4.78 is 1.59. The Morgan fingerprint density at radius 3 is 2.50 bits per heavy atom. The SMILES string of the molecule is C=CC(=O)N[C@@H]1CCN(C(CC2CC2)c2ccc([C@H](C)Nc3ncc4cnc(=O)n(C(C)C)c4n3)cc2)C1. The third kappa shape index (κ3) is 5.78. The second-order valence-corrected chi connectivity index (χ2v) is 10.9. The van der Waals surface area contributed by atoms with Crippen LogP contribution in [0.2, 0.25) is 0 Å². The molecular weight excluding hydrogens is 478 g/mol. The summed E-state index contributed by atoms with van der Waals surface area (Å²) in [6.45, 7) is 11.4. The minimum Gasteiger partial charge on any atom is -0.349 e. The molecule has 1 saturated heterocycles. The molecule has 3 aromatic rings. The van der Waals surface area contributed by atoms with E-state index in [1.54, 1.807) is 10.8 Å². The van der Waals surface area contributed by atoms with E-state index in [2.05, 4.69) is 68.3 Å². The van der Waals surface area contributed by atoms with E-state index in [1.807, 2.05) is 13.8 Å². The second kappa shape index (κ2) is 11.0. The highest BCUT2D eigenvalue weighted by atomic mass is 16.2. The molecule has 0 bridgehead atoms. The van der Waals surface area contributed by atoms with E-state index >= 15 is 0 Å². The molecule has 1 unspecified atom stereocenters. The highest BCUT2D eigenvalue weighted by Crippen LogP contribution is 2.41. The zero-order valence-electron chi connectivity index (χ0n) is 22.4. The van der Waals surface area contributed by atoms with Gasteiger partial charge in [0.05, 0.1) is 11.4 Å². The van der Waals surface area contributed by atoms with Gasteiger partial charge in [0, 0.05) is 43.6 Å². The molecule has 1 aliphatic heterocycles. The molecular formula is C29H37N7O2. The minimum atomic E-state index is -0.311. The molecule has 9 heteroatoms. The maximum Gasteiger partial charge on any atom is 0.349 e. The number of rotatable bonds is 10. The summed E-state index contributed by atoms with van der Waals surface area (Å²) in [5.74, 6) is 1.18. The van der Waals surface area contributed by atoms with Crippen molar-refractivity contribution in [3.63, 3.8) is 0 Å². The van der Waals surface area contributed by atoms with Gasteiger partial charge in [0.25, 0.3) is 0 Å². The van der Waals surface area contributed by atoms with Crippen LogP contribution in [0, 0.1) is 5.92 Å². The van der Waals surface area contributed by atoms with Crippen molar-refractivity contribution in [2.45, 2.75) is 70.6 Å². The van der Waals surface area contributed by atoms with Crippen LogP contribution in [0.4, 0.5) is 5.95 Å². The number of carbonyl (C=O) groups excluding carboxylic acids is 1. The van der Waals surface area contributed by atoms with Crippen molar-refractivity contribution in [2.24, 2.45) is 5.92 Å². The fourth-order valence-corrected chi connectivity index (χ4v) is 5.38. The lowest BCUT2D eigenvalue weighted by atomic mass is 9.97. The smallest absolute Gasteiger partial charge is 0.349 e. The molecule has 38 heavy (non-hydrogen) atoms. The largest absolute Gasteiger partial charge is 0.349 e. The Labute approximate surface area is 223 Å². The molecule has 9 nitrogen and oxygen atoms in total. The summed E-state index contributed by atoms with van der Waals surface area (Å²) >= 11 is 0. The molecule has 1 aliphatic carbocycles. The van der Waals surface area contributed by atoms with Gasteiger partial charge in [-0.1, -0.05) is 43.7 Å². The molecule has 1 saturated carbocycles. The monoisotopic (exact) mass is 515 g/mol. The van der Waals surface area contributed by atoms with E-state index < -0.39 is 0 Å². The first-order valence-electron chi connectivity index (χ1n) is 13.6. The van der Waals surface area contributed by atoms with Crippen LogP contribution < -0.4 is 16.3 Å². The number of aromatic nitrogens is 4. The fraction of sp³-hybridized carbons (Fsp3) is 0.483. The predicted molar refractivity (Wildman–Crippen MR) is 149 cm³/mol. The Bertz CT molecular complexity index is 1360. The molecule has 1 amide bonds. The minimum absolute atomic E-state index is 0.0188. The standard InChI is InChI=1S/C29H37N7O2/c1-5-26(37)33-24-12-13-35(17-24)25(14-20-6-7-20)22-10-8-21(9-11-22)19(4)32-28-30-15-23-16-31-29(38)36(18(2)3)27(23)34-28/h5,8-11,15-16,18-20,24-25H,1,6-7,12-14,17H2,2-4H3,(H,33,37)(H,30,32,34)/t19-,24+,25?/m0/s1. The first-order valence-corrected chi connectivity index (χ1v) is 13.6. The van der Waals surface area contributed by atoms with Crippen molar-refractivity contribution in [3.05, 3.63) is 70.9 Å². The van der Waals surface area contributed by atoms with E-state index in [9.17, 15) is 9.59 Å². The number of carbonyl (C=O) groups is 1. The summed E-state index contributed by atoms with van der Waals surface area (Å²) in [5, 5.41) is 7.19. The van der Waals surface area contributed by atoms with Crippen LogP contribution in [0.1, 0.15) is 75.7 Å². The first kappa shape index (κ1) is 26.0. The van der Waals surface area contributed by atoms with E-state index in [0.29, 0.717) is 17.6 Å². The molecule has 3 atom stereocenters. The number of likely N-dealkylation sites (tertiary alicyclic amines) is 1. The van der Waals surface area contributed by atoms with Crippen molar-refractivity contribution in [2.75, 3.05) is 18.4 Å². The van der Waals surface area contributed by atoms with Gasteiger partial charge in [0.15, 0.2) is 5.65 Å². The third-order valence-corrected chi connectivity index (χ3v) is 7.67. The zero-order valence-corrected chi connectivity index (χ0v) is 22.4. The van der Waals surface area contributed by atoms with Crippen LogP contribution in [0.3, 0.4) is 0 Å². The summed E-state index contributed by atoms with van der Waals surface area (Å²) in [7, 11) is 0. The van der Waals surface area contributed by atoms with Gasteiger partial charge in [-0.25, -0.2) is 14.8 Å². The molecule has 5 rings (SSSR count). The average molecular weight is 516 g/mol. The molecule has 2 fully saturated rings. The second-order valence-electron chi connectivity index (χ2n) is 10.9. The fourth-order valence-electron chi connectivity index (χ4n) is 5.38. The summed E-state index contributed by atoms with van der Waals surface area (Å²) in [5.41, 5.74) is 2.72. The van der Waals surface area contributed by atoms with Crippen LogP contribution in [0.15, 0.2) is 54.1 Å². The molecule has 1 aromatic carbocycles. The Balaban J connectivity index is 1.30. The molecule has 200 valence electrons. The third-order valence-electron chi connectivity index (χ3n) is 7.67. The molecule has 3 heterocycles. The average Bonchev–Trinajstić information content (AvgIpc) is 3.62. The van der Waals surface area contributed by atoms with Gasteiger partial charge in [-0.2, -0.15) is 4.98 Å². The molecule has 0 spiro atoms. The molecule has 2 aromatic heterocycles. The molecule has 0 radical (unpaired) electrons. The van der Waals surface area contributed by atoms with Gasteiger partial charge in [-0.15, -0.1) is 0 Å². The number of hydrogen-bond acceptors (Lipinski definition) is 7. The van der Waals surface area contributed by atoms with E-state index in [-0.39, 0.29) is 29.7 Å². The number of nitrogens with zero attached hydrogens (tertiary/aromatic N) is 5. The number of benzene rings is 1. The van der Waals surface area contributed by atoms with Gasteiger partial charge in [-0.3, -0.25) is 14.3 Å². The Morgan fingerprint density at radius 1 is 1.11 bits per heavy atom. The van der Waals surface area contributed by atoms with Crippen LogP contribution in [-0.2, 0) is 4.79 Å².